The van der Waals surface area contributed by atoms with Gasteiger partial charge in [-0.1, -0.05) is 12.1 Å². The van der Waals surface area contributed by atoms with Crippen LogP contribution in [0.4, 0.5) is 11.8 Å². The maximum atomic E-state index is 9.06. The Morgan fingerprint density at radius 3 is 2.72 bits per heavy atom. The number of hydrogen-bond acceptors (Lipinski definition) is 7. The molecule has 148 valence electrons. The van der Waals surface area contributed by atoms with Crippen LogP contribution in [0.25, 0.3) is 11.0 Å². The predicted octanol–water partition coefficient (Wildman–Crippen LogP) is 3.17. The van der Waals surface area contributed by atoms with Gasteiger partial charge in [0.15, 0.2) is 5.65 Å². The van der Waals surface area contributed by atoms with Gasteiger partial charge in [0.05, 0.1) is 17.0 Å². The Morgan fingerprint density at radius 2 is 1.97 bits per heavy atom. The average molecular weight is 387 g/mol. The van der Waals surface area contributed by atoms with Gasteiger partial charge in [0.1, 0.15) is 5.82 Å². The van der Waals surface area contributed by atoms with Gasteiger partial charge in [-0.25, -0.2) is 4.98 Å². The summed E-state index contributed by atoms with van der Waals surface area (Å²) in [6.07, 6.45) is 2.00. The van der Waals surface area contributed by atoms with E-state index < -0.39 is 0 Å². The van der Waals surface area contributed by atoms with Crippen LogP contribution in [0.1, 0.15) is 35.2 Å². The van der Waals surface area contributed by atoms with Crippen molar-refractivity contribution in [3.8, 4) is 6.07 Å². The summed E-state index contributed by atoms with van der Waals surface area (Å²) in [6.45, 7) is 6.79. The van der Waals surface area contributed by atoms with E-state index in [1.54, 1.807) is 0 Å². The molecule has 0 amide bonds. The quantitative estimate of drug-likeness (QED) is 0.708. The first kappa shape index (κ1) is 19.1. The first-order valence-corrected chi connectivity index (χ1v) is 9.91. The fourth-order valence-corrected chi connectivity index (χ4v) is 3.99. The predicted molar refractivity (Wildman–Crippen MR) is 114 cm³/mol. The van der Waals surface area contributed by atoms with Gasteiger partial charge >= 0.3 is 0 Å². The summed E-state index contributed by atoms with van der Waals surface area (Å²) in [4.78, 5) is 16.0. The van der Waals surface area contributed by atoms with Crippen LogP contribution in [0, 0.1) is 25.2 Å². The van der Waals surface area contributed by atoms with Crippen molar-refractivity contribution in [3.05, 3.63) is 52.7 Å². The molecule has 3 N–H and O–H groups in total. The third kappa shape index (κ3) is 4.28. The molecule has 4 rings (SSSR count). The van der Waals surface area contributed by atoms with E-state index in [1.165, 1.54) is 5.56 Å². The van der Waals surface area contributed by atoms with Crippen molar-refractivity contribution in [2.75, 3.05) is 24.1 Å². The molecule has 0 spiro atoms. The van der Waals surface area contributed by atoms with Gasteiger partial charge < -0.3 is 11.1 Å². The summed E-state index contributed by atoms with van der Waals surface area (Å²) in [6, 6.07) is 12.3. The molecular weight excluding hydrogens is 362 g/mol. The Kier molecular flexibility index (Phi) is 5.28. The van der Waals surface area contributed by atoms with Gasteiger partial charge in [0, 0.05) is 31.4 Å². The molecule has 1 aliphatic heterocycles. The Labute approximate surface area is 170 Å². The van der Waals surface area contributed by atoms with Crippen molar-refractivity contribution in [2.45, 2.75) is 39.3 Å². The lowest BCUT2D eigenvalue weighted by molar-refractivity contribution is 0.211. The first-order valence-electron chi connectivity index (χ1n) is 9.91. The zero-order valence-electron chi connectivity index (χ0n) is 16.8. The van der Waals surface area contributed by atoms with Gasteiger partial charge in [0.25, 0.3) is 0 Å². The largest absolute Gasteiger partial charge is 0.383 e. The van der Waals surface area contributed by atoms with E-state index in [4.69, 9.17) is 11.0 Å². The number of anilines is 2. The highest BCUT2D eigenvalue weighted by Crippen LogP contribution is 2.24. The number of aromatic nitrogens is 3. The number of nitrogens with one attached hydrogen (secondary N) is 1. The number of benzene rings is 1. The van der Waals surface area contributed by atoms with Crippen LogP contribution in [-0.2, 0) is 6.54 Å². The molecule has 7 heteroatoms. The number of piperidine rings is 1. The summed E-state index contributed by atoms with van der Waals surface area (Å²) in [5, 5.41) is 13.3. The number of nitrogens with two attached hydrogens (primary N) is 1. The number of rotatable bonds is 4. The van der Waals surface area contributed by atoms with E-state index in [2.05, 4.69) is 37.3 Å². The molecule has 1 saturated heterocycles. The van der Waals surface area contributed by atoms with Gasteiger partial charge in [0.2, 0.25) is 5.95 Å². The van der Waals surface area contributed by atoms with Crippen molar-refractivity contribution in [2.24, 2.45) is 0 Å². The van der Waals surface area contributed by atoms with Crippen molar-refractivity contribution in [3.63, 3.8) is 0 Å². The molecular formula is C22H25N7. The van der Waals surface area contributed by atoms with E-state index in [0.29, 0.717) is 29.0 Å². The molecule has 2 aromatic heterocycles. The van der Waals surface area contributed by atoms with Crippen LogP contribution in [0.2, 0.25) is 0 Å². The highest BCUT2D eigenvalue weighted by atomic mass is 15.2. The summed E-state index contributed by atoms with van der Waals surface area (Å²) < 4.78 is 0. The van der Waals surface area contributed by atoms with E-state index >= 15 is 0 Å². The Bertz CT molecular complexity index is 1080. The smallest absolute Gasteiger partial charge is 0.226 e. The fraction of sp³-hybridized carbons (Fsp3) is 0.364. The van der Waals surface area contributed by atoms with Crippen molar-refractivity contribution in [1.29, 1.82) is 5.26 Å². The molecule has 7 nitrogen and oxygen atoms in total. The minimum atomic E-state index is 0.305. The lowest BCUT2D eigenvalue weighted by atomic mass is 10.0. The van der Waals surface area contributed by atoms with Gasteiger partial charge in [-0.3, -0.25) is 4.90 Å². The van der Waals surface area contributed by atoms with Crippen LogP contribution in [0.3, 0.4) is 0 Å². The number of nitrogens with zero attached hydrogens (tertiary/aromatic N) is 5. The van der Waals surface area contributed by atoms with Crippen LogP contribution >= 0.6 is 0 Å². The van der Waals surface area contributed by atoms with Gasteiger partial charge in [-0.05, 0) is 56.0 Å². The summed E-state index contributed by atoms with van der Waals surface area (Å²) in [5.41, 5.74) is 10.7. The molecule has 3 aromatic rings. The zero-order chi connectivity index (χ0) is 20.4. The number of likely N-dealkylation sites (tertiary alicyclic amines) is 1. The summed E-state index contributed by atoms with van der Waals surface area (Å²) >= 11 is 0. The first-order chi connectivity index (χ1) is 14.0. The van der Waals surface area contributed by atoms with Crippen LogP contribution in [-0.4, -0.2) is 39.0 Å². The molecule has 29 heavy (non-hydrogen) atoms. The number of nitriles is 1. The molecule has 1 aromatic carbocycles. The molecule has 0 aliphatic carbocycles. The monoisotopic (exact) mass is 387 g/mol. The number of fused-ring (bicyclic) bond motifs is 1. The number of pyridine rings is 1. The van der Waals surface area contributed by atoms with E-state index in [9.17, 15) is 0 Å². The molecule has 0 saturated carbocycles. The second-order valence-corrected chi connectivity index (χ2v) is 7.72. The number of nitrogen functional groups attached to an aromatic ring is 1. The molecule has 1 fully saturated rings. The zero-order valence-corrected chi connectivity index (χ0v) is 16.8. The van der Waals surface area contributed by atoms with Crippen molar-refractivity contribution < 1.29 is 0 Å². The van der Waals surface area contributed by atoms with E-state index in [0.717, 1.165) is 49.1 Å². The molecule has 0 radical (unpaired) electrons. The van der Waals surface area contributed by atoms with Crippen LogP contribution in [0.15, 0.2) is 30.3 Å². The Morgan fingerprint density at radius 1 is 1.17 bits per heavy atom. The lowest BCUT2D eigenvalue weighted by Crippen LogP contribution is -2.39. The molecule has 0 atom stereocenters. The minimum absolute atomic E-state index is 0.305. The topological polar surface area (TPSA) is 104 Å². The molecule has 0 bridgehead atoms. The van der Waals surface area contributed by atoms with Crippen LogP contribution in [0.5, 0.6) is 0 Å². The highest BCUT2D eigenvalue weighted by Gasteiger charge is 2.21. The van der Waals surface area contributed by atoms with Crippen molar-refractivity contribution >= 4 is 22.8 Å². The standard InChI is InChI=1S/C22H25N7/c1-14-10-15(2)25-21-19(14)20(24)27-22(28-21)26-18-6-8-29(9-7-18)13-17-5-3-4-16(11-17)12-23/h3-5,10-11,18H,6-9,13H2,1-2H3,(H3,24,25,26,27,28). The van der Waals surface area contributed by atoms with E-state index in [-0.39, 0.29) is 0 Å². The second kappa shape index (κ2) is 8.02. The lowest BCUT2D eigenvalue weighted by Gasteiger charge is -2.32. The third-order valence-electron chi connectivity index (χ3n) is 5.40. The second-order valence-electron chi connectivity index (χ2n) is 7.72. The SMILES string of the molecule is Cc1cc(C)c2c(N)nc(NC3CCN(Cc4cccc(C#N)c4)CC3)nc2n1. The normalized spacial score (nSPS) is 15.3. The molecule has 1 aliphatic rings. The number of hydrogen-bond donors (Lipinski definition) is 2. The highest BCUT2D eigenvalue weighted by molar-refractivity contribution is 5.89. The van der Waals surface area contributed by atoms with Crippen molar-refractivity contribution in [1.82, 2.24) is 19.9 Å². The van der Waals surface area contributed by atoms with Crippen LogP contribution < -0.4 is 11.1 Å². The maximum absolute atomic E-state index is 9.06. The Hall–Kier alpha value is -3.24. The third-order valence-corrected chi connectivity index (χ3v) is 5.40. The van der Waals surface area contributed by atoms with E-state index in [1.807, 2.05) is 38.1 Å². The fourth-order valence-electron chi connectivity index (χ4n) is 3.99. The number of aryl methyl sites for hydroxylation is 2. The summed E-state index contributed by atoms with van der Waals surface area (Å²) in [5.74, 6) is 1.02. The van der Waals surface area contributed by atoms with Gasteiger partial charge in [-0.15, -0.1) is 0 Å². The minimum Gasteiger partial charge on any atom is -0.383 e. The van der Waals surface area contributed by atoms with Gasteiger partial charge in [-0.2, -0.15) is 15.2 Å². The summed E-state index contributed by atoms with van der Waals surface area (Å²) in [7, 11) is 0. The molecule has 3 heterocycles. The Balaban J connectivity index is 1.40. The average Bonchev–Trinajstić information content (AvgIpc) is 2.69. The molecule has 0 unspecified atom stereocenters. The maximum Gasteiger partial charge on any atom is 0.226 e.